The molecule has 0 aromatic carbocycles. The summed E-state index contributed by atoms with van der Waals surface area (Å²) in [5.74, 6) is -1.56. The normalized spacial score (nSPS) is 9.50. The number of carbonyl (C=O) groups excluding carboxylic acids is 2. The number of rotatable bonds is 8. The van der Waals surface area contributed by atoms with Crippen molar-refractivity contribution in [2.75, 3.05) is 26.3 Å². The lowest BCUT2D eigenvalue weighted by atomic mass is 10.4. The Morgan fingerprint density at radius 1 is 1.19 bits per heavy atom. The lowest BCUT2D eigenvalue weighted by molar-refractivity contribution is -0.142. The number of urea groups is 1. The highest BCUT2D eigenvalue weighted by Crippen LogP contribution is 1.75. The second-order valence-corrected chi connectivity index (χ2v) is 2.85. The van der Waals surface area contributed by atoms with E-state index in [9.17, 15) is 14.4 Å². The van der Waals surface area contributed by atoms with Gasteiger partial charge in [0, 0.05) is 19.5 Å². The van der Waals surface area contributed by atoms with E-state index in [2.05, 4.69) is 15.4 Å². The van der Waals surface area contributed by atoms with Crippen molar-refractivity contribution in [3.8, 4) is 0 Å². The summed E-state index contributed by atoms with van der Waals surface area (Å²) in [6.45, 7) is 0.0628. The van der Waals surface area contributed by atoms with Crippen molar-refractivity contribution >= 4 is 17.9 Å². The van der Waals surface area contributed by atoms with E-state index >= 15 is 0 Å². The molecule has 0 spiro atoms. The quantitative estimate of drug-likeness (QED) is 0.370. The summed E-state index contributed by atoms with van der Waals surface area (Å²) in [5.41, 5.74) is 4.86. The predicted octanol–water partition coefficient (Wildman–Crippen LogP) is -1.74. The van der Waals surface area contributed by atoms with E-state index in [1.807, 2.05) is 0 Å². The number of carboxylic acids is 1. The second-order valence-electron chi connectivity index (χ2n) is 2.85. The monoisotopic (exact) mass is 233 g/mol. The number of amides is 3. The molecule has 8 nitrogen and oxygen atoms in total. The molecule has 8 heteroatoms. The third-order valence-corrected chi connectivity index (χ3v) is 1.41. The molecule has 0 aliphatic carbocycles. The van der Waals surface area contributed by atoms with Crippen LogP contribution in [0.25, 0.3) is 0 Å². The summed E-state index contributed by atoms with van der Waals surface area (Å²) in [6, 6.07) is -0.458. The lowest BCUT2D eigenvalue weighted by Gasteiger charge is -2.06. The molecule has 92 valence electrons. The molecule has 0 heterocycles. The molecule has 0 fully saturated rings. The minimum atomic E-state index is -1.06. The Bertz CT molecular complexity index is 256. The van der Waals surface area contributed by atoms with Gasteiger partial charge in [-0.15, -0.1) is 0 Å². The number of nitrogens with one attached hydrogen (secondary N) is 2. The Balaban J connectivity index is 3.30. The molecule has 0 aromatic rings. The third-order valence-electron chi connectivity index (χ3n) is 1.41. The van der Waals surface area contributed by atoms with Gasteiger partial charge in [0.05, 0.1) is 6.61 Å². The van der Waals surface area contributed by atoms with Crippen LogP contribution in [0.1, 0.15) is 6.42 Å². The van der Waals surface area contributed by atoms with Crippen LogP contribution >= 0.6 is 0 Å². The van der Waals surface area contributed by atoms with Gasteiger partial charge in [0.15, 0.2) is 0 Å². The first-order chi connectivity index (χ1) is 7.52. The summed E-state index contributed by atoms with van der Waals surface area (Å²) in [5, 5.41) is 13.0. The van der Waals surface area contributed by atoms with Crippen LogP contribution in [0.5, 0.6) is 0 Å². The highest BCUT2D eigenvalue weighted by molar-refractivity contribution is 5.76. The zero-order chi connectivity index (χ0) is 12.4. The molecule has 0 radical (unpaired) electrons. The van der Waals surface area contributed by atoms with Gasteiger partial charge in [-0.25, -0.2) is 9.59 Å². The number of aliphatic carboxylic acids is 1. The van der Waals surface area contributed by atoms with Crippen molar-refractivity contribution in [1.82, 2.24) is 10.6 Å². The molecule has 0 aliphatic rings. The average Bonchev–Trinajstić information content (AvgIpc) is 2.16. The fourth-order valence-corrected chi connectivity index (χ4v) is 0.758. The predicted molar refractivity (Wildman–Crippen MR) is 53.7 cm³/mol. The highest BCUT2D eigenvalue weighted by Gasteiger charge is 2.00. The van der Waals surface area contributed by atoms with E-state index in [0.29, 0.717) is 0 Å². The minimum absolute atomic E-state index is 0.0724. The number of hydrogen-bond acceptors (Lipinski definition) is 4. The van der Waals surface area contributed by atoms with Gasteiger partial charge in [-0.05, 0) is 0 Å². The van der Waals surface area contributed by atoms with E-state index in [4.69, 9.17) is 10.8 Å². The van der Waals surface area contributed by atoms with Crippen LogP contribution in [0.3, 0.4) is 0 Å². The maximum absolute atomic E-state index is 11.0. The van der Waals surface area contributed by atoms with Crippen molar-refractivity contribution in [3.63, 3.8) is 0 Å². The van der Waals surface area contributed by atoms with Gasteiger partial charge in [-0.1, -0.05) is 0 Å². The summed E-state index contributed by atoms with van der Waals surface area (Å²) in [7, 11) is 0. The number of ether oxygens (including phenoxy) is 1. The number of carbonyl (C=O) groups is 3. The molecule has 3 amide bonds. The van der Waals surface area contributed by atoms with Gasteiger partial charge in [0.2, 0.25) is 5.91 Å². The second kappa shape index (κ2) is 8.48. The molecular formula is C8H15N3O5. The highest BCUT2D eigenvalue weighted by atomic mass is 16.5. The third kappa shape index (κ3) is 10.3. The van der Waals surface area contributed by atoms with Crippen molar-refractivity contribution < 1.29 is 24.2 Å². The van der Waals surface area contributed by atoms with Crippen LogP contribution in [-0.2, 0) is 14.3 Å². The molecule has 0 saturated heterocycles. The van der Waals surface area contributed by atoms with Crippen LogP contribution in [0.4, 0.5) is 4.79 Å². The van der Waals surface area contributed by atoms with E-state index in [1.165, 1.54) is 0 Å². The zero-order valence-corrected chi connectivity index (χ0v) is 8.69. The van der Waals surface area contributed by atoms with Crippen molar-refractivity contribution in [3.05, 3.63) is 0 Å². The number of hydrogen-bond donors (Lipinski definition) is 4. The molecule has 0 atom stereocenters. The van der Waals surface area contributed by atoms with Crippen molar-refractivity contribution in [1.29, 1.82) is 0 Å². The maximum atomic E-state index is 11.0. The first-order valence-electron chi connectivity index (χ1n) is 4.62. The van der Waals surface area contributed by atoms with E-state index in [1.54, 1.807) is 0 Å². The summed E-state index contributed by atoms with van der Waals surface area (Å²) < 4.78 is 4.67. The SMILES string of the molecule is NC(=O)CCNC(=O)NCCOCC(=O)O. The Kier molecular flexibility index (Phi) is 7.51. The molecule has 16 heavy (non-hydrogen) atoms. The molecular weight excluding hydrogens is 218 g/mol. The van der Waals surface area contributed by atoms with Crippen molar-refractivity contribution in [2.24, 2.45) is 5.73 Å². The standard InChI is InChI=1S/C8H15N3O5/c9-6(12)1-2-10-8(15)11-3-4-16-5-7(13)14/h1-5H2,(H2,9,12)(H,13,14)(H2,10,11,15). The molecule has 0 aliphatic heterocycles. The van der Waals surface area contributed by atoms with Gasteiger partial charge < -0.3 is 26.2 Å². The van der Waals surface area contributed by atoms with Gasteiger partial charge in [-0.3, -0.25) is 4.79 Å². The van der Waals surface area contributed by atoms with Crippen LogP contribution < -0.4 is 16.4 Å². The van der Waals surface area contributed by atoms with E-state index < -0.39 is 24.5 Å². The lowest BCUT2D eigenvalue weighted by Crippen LogP contribution is -2.38. The van der Waals surface area contributed by atoms with Crippen LogP contribution in [-0.4, -0.2) is 49.3 Å². The number of carboxylic acid groups (broad SMARTS) is 1. The Hall–Kier alpha value is -1.83. The summed E-state index contributed by atoms with van der Waals surface area (Å²) >= 11 is 0. The smallest absolute Gasteiger partial charge is 0.329 e. The molecule has 0 aromatic heterocycles. The van der Waals surface area contributed by atoms with Gasteiger partial charge in [0.1, 0.15) is 6.61 Å². The topological polar surface area (TPSA) is 131 Å². The molecule has 0 rings (SSSR count). The first-order valence-corrected chi connectivity index (χ1v) is 4.62. The van der Waals surface area contributed by atoms with Crippen molar-refractivity contribution in [2.45, 2.75) is 6.42 Å². The fourth-order valence-electron chi connectivity index (χ4n) is 0.758. The molecule has 0 saturated carbocycles. The largest absolute Gasteiger partial charge is 0.480 e. The summed E-state index contributed by atoms with van der Waals surface area (Å²) in [4.78, 5) is 31.3. The summed E-state index contributed by atoms with van der Waals surface area (Å²) in [6.07, 6.45) is 0.0724. The number of nitrogens with two attached hydrogens (primary N) is 1. The number of primary amides is 1. The molecule has 0 unspecified atom stereocenters. The Labute approximate surface area is 92.1 Å². The maximum Gasteiger partial charge on any atom is 0.329 e. The van der Waals surface area contributed by atoms with Crippen LogP contribution in [0, 0.1) is 0 Å². The van der Waals surface area contributed by atoms with Crippen LogP contribution in [0.2, 0.25) is 0 Å². The molecule has 5 N–H and O–H groups in total. The Morgan fingerprint density at radius 3 is 2.38 bits per heavy atom. The first kappa shape index (κ1) is 14.2. The van der Waals surface area contributed by atoms with Gasteiger partial charge in [-0.2, -0.15) is 0 Å². The minimum Gasteiger partial charge on any atom is -0.480 e. The molecule has 0 bridgehead atoms. The fraction of sp³-hybridized carbons (Fsp3) is 0.625. The van der Waals surface area contributed by atoms with Gasteiger partial charge >= 0.3 is 12.0 Å². The van der Waals surface area contributed by atoms with E-state index in [0.717, 1.165) is 0 Å². The van der Waals surface area contributed by atoms with Gasteiger partial charge in [0.25, 0.3) is 0 Å². The van der Waals surface area contributed by atoms with E-state index in [-0.39, 0.29) is 26.1 Å². The Morgan fingerprint density at radius 2 is 1.81 bits per heavy atom. The zero-order valence-electron chi connectivity index (χ0n) is 8.69. The van der Waals surface area contributed by atoms with Crippen LogP contribution in [0.15, 0.2) is 0 Å². The average molecular weight is 233 g/mol.